The van der Waals surface area contributed by atoms with E-state index in [0.717, 1.165) is 66.9 Å². The minimum atomic E-state index is 0.0264. The second-order valence-corrected chi connectivity index (χ2v) is 9.65. The minimum Gasteiger partial charge on any atom is -0.353 e. The van der Waals surface area contributed by atoms with Crippen LogP contribution in [0.4, 0.5) is 0 Å². The van der Waals surface area contributed by atoms with Gasteiger partial charge in [0, 0.05) is 42.4 Å². The zero-order valence-corrected chi connectivity index (χ0v) is 20.0. The molecular formula is C25H37N5O2. The maximum absolute atomic E-state index is 12.9. The third-order valence-corrected chi connectivity index (χ3v) is 7.42. The van der Waals surface area contributed by atoms with Crippen molar-refractivity contribution in [2.75, 3.05) is 6.54 Å². The lowest BCUT2D eigenvalue weighted by molar-refractivity contribution is -0.136. The third kappa shape index (κ3) is 4.52. The van der Waals surface area contributed by atoms with Crippen molar-refractivity contribution in [2.24, 2.45) is 5.92 Å². The van der Waals surface area contributed by atoms with Gasteiger partial charge in [-0.2, -0.15) is 5.10 Å². The number of rotatable bonds is 7. The number of fused-ring (bicyclic) bond motifs is 1. The number of nitrogens with one attached hydrogen (secondary N) is 1. The molecule has 3 heterocycles. The van der Waals surface area contributed by atoms with Gasteiger partial charge >= 0.3 is 0 Å². The summed E-state index contributed by atoms with van der Waals surface area (Å²) in [6.45, 7) is 8.93. The Balaban J connectivity index is 1.52. The van der Waals surface area contributed by atoms with E-state index in [4.69, 9.17) is 10.1 Å². The van der Waals surface area contributed by atoms with Gasteiger partial charge in [-0.25, -0.2) is 9.50 Å². The average molecular weight is 440 g/mol. The van der Waals surface area contributed by atoms with Crippen molar-refractivity contribution in [3.63, 3.8) is 0 Å². The lowest BCUT2D eigenvalue weighted by Crippen LogP contribution is -2.34. The summed E-state index contributed by atoms with van der Waals surface area (Å²) in [7, 11) is 0. The summed E-state index contributed by atoms with van der Waals surface area (Å²) >= 11 is 0. The fourth-order valence-electron chi connectivity index (χ4n) is 5.27. The highest BCUT2D eigenvalue weighted by Gasteiger charge is 2.33. The molecule has 4 rings (SSSR count). The van der Waals surface area contributed by atoms with E-state index in [1.165, 1.54) is 12.8 Å². The van der Waals surface area contributed by atoms with Gasteiger partial charge in [-0.1, -0.05) is 26.7 Å². The number of carbonyl (C=O) groups is 2. The highest BCUT2D eigenvalue weighted by Crippen LogP contribution is 2.33. The molecule has 7 nitrogen and oxygen atoms in total. The molecule has 7 heteroatoms. The molecule has 32 heavy (non-hydrogen) atoms. The maximum Gasteiger partial charge on any atom is 0.225 e. The molecular weight excluding hydrogens is 402 g/mol. The van der Waals surface area contributed by atoms with E-state index in [-0.39, 0.29) is 23.8 Å². The maximum atomic E-state index is 12.9. The van der Waals surface area contributed by atoms with Crippen molar-refractivity contribution in [3.05, 3.63) is 28.7 Å². The van der Waals surface area contributed by atoms with Gasteiger partial charge in [-0.15, -0.1) is 0 Å². The SMILES string of the molecule is CC[C@H](C)C(=O)N1CCC[C@H]1c1cc2nc(C)c(CCC(=O)NC3CCCC3)c(C)n2n1. The second-order valence-electron chi connectivity index (χ2n) is 9.65. The van der Waals surface area contributed by atoms with Crippen LogP contribution in [-0.4, -0.2) is 43.9 Å². The molecule has 1 aliphatic carbocycles. The summed E-state index contributed by atoms with van der Waals surface area (Å²) < 4.78 is 1.90. The van der Waals surface area contributed by atoms with Gasteiger partial charge in [0.2, 0.25) is 11.8 Å². The lowest BCUT2D eigenvalue weighted by atomic mass is 10.1. The van der Waals surface area contributed by atoms with Gasteiger partial charge in [0.05, 0.1) is 11.7 Å². The molecule has 1 saturated carbocycles. The van der Waals surface area contributed by atoms with E-state index in [1.54, 1.807) is 0 Å². The predicted molar refractivity (Wildman–Crippen MR) is 124 cm³/mol. The van der Waals surface area contributed by atoms with Crippen LogP contribution in [0.3, 0.4) is 0 Å². The molecule has 2 amide bonds. The zero-order chi connectivity index (χ0) is 22.8. The summed E-state index contributed by atoms with van der Waals surface area (Å²) in [4.78, 5) is 32.1. The molecule has 1 aliphatic heterocycles. The quantitative estimate of drug-likeness (QED) is 0.706. The van der Waals surface area contributed by atoms with Crippen molar-refractivity contribution in [1.29, 1.82) is 0 Å². The molecule has 174 valence electrons. The Morgan fingerprint density at radius 1 is 1.19 bits per heavy atom. The molecule has 0 unspecified atom stereocenters. The van der Waals surface area contributed by atoms with Crippen molar-refractivity contribution in [1.82, 2.24) is 24.8 Å². The van der Waals surface area contributed by atoms with Crippen molar-refractivity contribution >= 4 is 17.5 Å². The van der Waals surface area contributed by atoms with Crippen LogP contribution < -0.4 is 5.32 Å². The Bertz CT molecular complexity index is 992. The molecule has 0 radical (unpaired) electrons. The first-order valence-corrected chi connectivity index (χ1v) is 12.3. The van der Waals surface area contributed by atoms with Crippen LogP contribution in [0.15, 0.2) is 6.07 Å². The summed E-state index contributed by atoms with van der Waals surface area (Å²) in [6, 6.07) is 2.41. The fraction of sp³-hybridized carbons (Fsp3) is 0.680. The normalized spacial score (nSPS) is 20.2. The Hall–Kier alpha value is -2.44. The fourth-order valence-corrected chi connectivity index (χ4v) is 5.27. The first-order valence-electron chi connectivity index (χ1n) is 12.3. The third-order valence-electron chi connectivity index (χ3n) is 7.42. The van der Waals surface area contributed by atoms with Crippen LogP contribution in [0.25, 0.3) is 5.65 Å². The first-order chi connectivity index (χ1) is 15.4. The Kier molecular flexibility index (Phi) is 6.82. The highest BCUT2D eigenvalue weighted by atomic mass is 16.2. The number of nitrogens with zero attached hydrogens (tertiary/aromatic N) is 4. The van der Waals surface area contributed by atoms with E-state index in [9.17, 15) is 9.59 Å². The number of aromatic nitrogens is 3. The van der Waals surface area contributed by atoms with E-state index >= 15 is 0 Å². The van der Waals surface area contributed by atoms with Crippen molar-refractivity contribution < 1.29 is 9.59 Å². The number of amides is 2. The molecule has 2 aromatic rings. The molecule has 2 aliphatic rings. The van der Waals surface area contributed by atoms with Crippen LogP contribution in [-0.2, 0) is 16.0 Å². The van der Waals surface area contributed by atoms with Crippen LogP contribution in [0.1, 0.15) is 93.9 Å². The van der Waals surface area contributed by atoms with Gasteiger partial charge in [0.25, 0.3) is 0 Å². The van der Waals surface area contributed by atoms with E-state index in [1.807, 2.05) is 29.3 Å². The minimum absolute atomic E-state index is 0.0264. The van der Waals surface area contributed by atoms with Gasteiger partial charge < -0.3 is 10.2 Å². The van der Waals surface area contributed by atoms with Crippen molar-refractivity contribution in [3.8, 4) is 0 Å². The number of aryl methyl sites for hydroxylation is 2. The van der Waals surface area contributed by atoms with E-state index in [0.29, 0.717) is 18.9 Å². The molecule has 0 spiro atoms. The van der Waals surface area contributed by atoms with Gasteiger partial charge in [-0.05, 0) is 57.9 Å². The summed E-state index contributed by atoms with van der Waals surface area (Å²) in [5, 5.41) is 8.06. The predicted octanol–water partition coefficient (Wildman–Crippen LogP) is 4.05. The molecule has 0 bridgehead atoms. The largest absolute Gasteiger partial charge is 0.353 e. The van der Waals surface area contributed by atoms with Crippen LogP contribution >= 0.6 is 0 Å². The van der Waals surface area contributed by atoms with Gasteiger partial charge in [0.1, 0.15) is 0 Å². The molecule has 2 fully saturated rings. The summed E-state index contributed by atoms with van der Waals surface area (Å²) in [6.07, 6.45) is 8.57. The summed E-state index contributed by atoms with van der Waals surface area (Å²) in [5.41, 5.74) is 4.81. The molecule has 0 aromatic carbocycles. The highest BCUT2D eigenvalue weighted by molar-refractivity contribution is 5.79. The second kappa shape index (κ2) is 9.59. The number of carbonyl (C=O) groups excluding carboxylic acids is 2. The smallest absolute Gasteiger partial charge is 0.225 e. The zero-order valence-electron chi connectivity index (χ0n) is 20.0. The number of hydrogen-bond donors (Lipinski definition) is 1. The Labute approximate surface area is 191 Å². The number of hydrogen-bond acceptors (Lipinski definition) is 4. The lowest BCUT2D eigenvalue weighted by Gasteiger charge is -2.26. The summed E-state index contributed by atoms with van der Waals surface area (Å²) in [5.74, 6) is 0.390. The van der Waals surface area contributed by atoms with Crippen molar-refractivity contribution in [2.45, 2.75) is 97.6 Å². The first kappa shape index (κ1) is 22.7. The number of likely N-dealkylation sites (tertiary alicyclic amines) is 1. The molecule has 1 saturated heterocycles. The van der Waals surface area contributed by atoms with Crippen LogP contribution in [0, 0.1) is 19.8 Å². The van der Waals surface area contributed by atoms with E-state index in [2.05, 4.69) is 19.2 Å². The monoisotopic (exact) mass is 439 g/mol. The van der Waals surface area contributed by atoms with Gasteiger partial charge in [0.15, 0.2) is 5.65 Å². The standard InChI is InChI=1S/C25H37N5O2/c1-5-16(2)25(32)29-14-8-11-22(29)21-15-23-26-17(3)20(18(4)30(23)28-21)12-13-24(31)27-19-9-6-7-10-19/h15-16,19,22H,5-14H2,1-4H3,(H,27,31)/t16-,22-/m0/s1. The molecule has 1 N–H and O–H groups in total. The molecule has 2 aromatic heterocycles. The Morgan fingerprint density at radius 2 is 1.94 bits per heavy atom. The average Bonchev–Trinajstić information content (AvgIpc) is 3.52. The Morgan fingerprint density at radius 3 is 2.66 bits per heavy atom. The molecule has 2 atom stereocenters. The van der Waals surface area contributed by atoms with E-state index < -0.39 is 0 Å². The topological polar surface area (TPSA) is 79.6 Å². The van der Waals surface area contributed by atoms with Crippen LogP contribution in [0.2, 0.25) is 0 Å². The van der Waals surface area contributed by atoms with Crippen LogP contribution in [0.5, 0.6) is 0 Å². The van der Waals surface area contributed by atoms with Gasteiger partial charge in [-0.3, -0.25) is 9.59 Å².